The van der Waals surface area contributed by atoms with E-state index in [2.05, 4.69) is 45.1 Å². The van der Waals surface area contributed by atoms with Crippen LogP contribution in [0.25, 0.3) is 12.2 Å². The zero-order valence-corrected chi connectivity index (χ0v) is 30.2. The van der Waals surface area contributed by atoms with Crippen LogP contribution in [-0.2, 0) is 14.2 Å². The fraction of sp³-hybridized carbons (Fsp3) is 0.488. The number of ether oxygens (including phenoxy) is 8. The molecule has 0 N–H and O–H groups in total. The minimum absolute atomic E-state index is 0.402. The smallest absolute Gasteiger partial charge is 0.204 e. The Morgan fingerprint density at radius 2 is 1.12 bits per heavy atom. The van der Waals surface area contributed by atoms with E-state index in [4.69, 9.17) is 42.9 Å². The topological polar surface area (TPSA) is 86.2 Å². The summed E-state index contributed by atoms with van der Waals surface area (Å²) >= 11 is 0. The molecular weight excluding hydrogens is 634 g/mol. The molecule has 0 bridgehead atoms. The Hall–Kier alpha value is -4.05. The first kappa shape index (κ1) is 38.7. The van der Waals surface area contributed by atoms with Gasteiger partial charge in [-0.25, -0.2) is 0 Å². The highest BCUT2D eigenvalue weighted by molar-refractivity contribution is 5.83. The summed E-state index contributed by atoms with van der Waals surface area (Å²) in [5.41, 5.74) is 3.74. The Morgan fingerprint density at radius 3 is 1.76 bits per heavy atom. The van der Waals surface area contributed by atoms with E-state index >= 15 is 0 Å². The lowest BCUT2D eigenvalue weighted by molar-refractivity contribution is 0.00708. The Balaban J connectivity index is 1.46. The van der Waals surface area contributed by atoms with Crippen molar-refractivity contribution in [1.82, 2.24) is 0 Å². The van der Waals surface area contributed by atoms with Gasteiger partial charge in [0.05, 0.1) is 65.1 Å². The lowest BCUT2D eigenvalue weighted by Gasteiger charge is -2.19. The Labute approximate surface area is 298 Å². The first-order valence-corrected chi connectivity index (χ1v) is 18.2. The lowest BCUT2D eigenvalue weighted by atomic mass is 10.1. The average Bonchev–Trinajstić information content (AvgIpc) is 3.15. The minimum atomic E-state index is 0.402. The van der Waals surface area contributed by atoms with Crippen LogP contribution in [0.3, 0.4) is 0 Å². The maximum Gasteiger partial charge on any atom is 0.204 e. The van der Waals surface area contributed by atoms with Gasteiger partial charge in [0.15, 0.2) is 23.0 Å². The van der Waals surface area contributed by atoms with Crippen LogP contribution in [0.15, 0.2) is 59.6 Å². The number of fused-ring (bicyclic) bond motifs is 1. The first-order chi connectivity index (χ1) is 24.7. The van der Waals surface area contributed by atoms with Crippen molar-refractivity contribution in [2.24, 2.45) is 4.99 Å². The van der Waals surface area contributed by atoms with E-state index < -0.39 is 0 Å². The van der Waals surface area contributed by atoms with Crippen LogP contribution in [0.5, 0.6) is 28.7 Å². The summed E-state index contributed by atoms with van der Waals surface area (Å²) in [6, 6.07) is 17.9. The van der Waals surface area contributed by atoms with Gasteiger partial charge in [0, 0.05) is 11.8 Å². The second kappa shape index (κ2) is 23.4. The van der Waals surface area contributed by atoms with Crippen molar-refractivity contribution in [1.29, 1.82) is 0 Å². The molecule has 0 spiro atoms. The third-order valence-electron chi connectivity index (χ3n) is 7.74. The predicted octanol–water partition coefficient (Wildman–Crippen LogP) is 8.97. The van der Waals surface area contributed by atoms with Crippen LogP contribution in [-0.4, -0.2) is 78.9 Å². The highest BCUT2D eigenvalue weighted by atomic mass is 16.6. The maximum absolute atomic E-state index is 6.34. The highest BCUT2D eigenvalue weighted by Gasteiger charge is 2.17. The Kier molecular flexibility index (Phi) is 18.1. The molecule has 0 unspecified atom stereocenters. The molecule has 0 saturated heterocycles. The van der Waals surface area contributed by atoms with E-state index in [1.165, 1.54) is 0 Å². The third kappa shape index (κ3) is 13.7. The van der Waals surface area contributed by atoms with Crippen molar-refractivity contribution >= 4 is 24.1 Å². The summed E-state index contributed by atoms with van der Waals surface area (Å²) in [5.74, 6) is 3.47. The largest absolute Gasteiger partial charge is 0.490 e. The highest BCUT2D eigenvalue weighted by Crippen LogP contribution is 2.42. The van der Waals surface area contributed by atoms with Gasteiger partial charge in [-0.2, -0.15) is 0 Å². The standard InChI is InChI=1S/C41H55NO8/c1-4-7-20-46-38-19-15-35(40(49-21-8-5-2)41(38)50-22-9-6-3)14-10-33-11-16-36(17-12-33)42-32-34-13-18-37-39(31-34)48-30-28-45-26-24-43-23-25-44-27-29-47-37/h10-19,31-32H,4-9,20-30H2,1-3H3/b14-10+,42-32?. The molecule has 4 rings (SSSR count). The molecule has 0 aliphatic carbocycles. The molecule has 50 heavy (non-hydrogen) atoms. The number of benzene rings is 3. The molecule has 272 valence electrons. The average molecular weight is 690 g/mol. The third-order valence-corrected chi connectivity index (χ3v) is 7.74. The van der Waals surface area contributed by atoms with E-state index in [-0.39, 0.29) is 0 Å². The molecule has 3 aromatic rings. The van der Waals surface area contributed by atoms with Crippen molar-refractivity contribution in [2.45, 2.75) is 59.3 Å². The monoisotopic (exact) mass is 689 g/mol. The maximum atomic E-state index is 6.34. The lowest BCUT2D eigenvalue weighted by Crippen LogP contribution is -2.13. The Morgan fingerprint density at radius 1 is 0.560 bits per heavy atom. The van der Waals surface area contributed by atoms with Gasteiger partial charge in [-0.3, -0.25) is 4.99 Å². The van der Waals surface area contributed by atoms with E-state index in [1.54, 1.807) is 0 Å². The second-order valence-electron chi connectivity index (χ2n) is 11.8. The summed E-state index contributed by atoms with van der Waals surface area (Å²) in [6.07, 6.45) is 12.1. The van der Waals surface area contributed by atoms with Gasteiger partial charge in [0.25, 0.3) is 0 Å². The molecule has 1 aliphatic rings. The van der Waals surface area contributed by atoms with E-state index in [0.717, 1.165) is 72.4 Å². The molecule has 9 nitrogen and oxygen atoms in total. The van der Waals surface area contributed by atoms with E-state index in [1.807, 2.05) is 48.7 Å². The van der Waals surface area contributed by atoms with Gasteiger partial charge in [-0.05, 0) is 72.9 Å². The van der Waals surface area contributed by atoms with Crippen LogP contribution in [0.4, 0.5) is 5.69 Å². The van der Waals surface area contributed by atoms with Crippen molar-refractivity contribution < 1.29 is 37.9 Å². The van der Waals surface area contributed by atoms with Gasteiger partial charge >= 0.3 is 0 Å². The van der Waals surface area contributed by atoms with Gasteiger partial charge in [0.2, 0.25) is 5.75 Å². The molecule has 0 fully saturated rings. The number of aliphatic imine (C=N–C) groups is 1. The number of nitrogens with zero attached hydrogens (tertiary/aromatic N) is 1. The van der Waals surface area contributed by atoms with E-state index in [0.29, 0.717) is 89.9 Å². The number of hydrogen-bond donors (Lipinski definition) is 0. The van der Waals surface area contributed by atoms with Crippen LogP contribution >= 0.6 is 0 Å². The van der Waals surface area contributed by atoms with E-state index in [9.17, 15) is 0 Å². The molecule has 0 saturated carbocycles. The van der Waals surface area contributed by atoms with Crippen LogP contribution in [0.2, 0.25) is 0 Å². The second-order valence-corrected chi connectivity index (χ2v) is 11.8. The molecule has 1 heterocycles. The molecule has 0 aromatic heterocycles. The minimum Gasteiger partial charge on any atom is -0.490 e. The normalized spacial score (nSPS) is 14.7. The summed E-state index contributed by atoms with van der Waals surface area (Å²) in [4.78, 5) is 4.71. The summed E-state index contributed by atoms with van der Waals surface area (Å²) < 4.78 is 47.4. The first-order valence-electron chi connectivity index (χ1n) is 18.2. The summed E-state index contributed by atoms with van der Waals surface area (Å²) in [6.45, 7) is 12.2. The van der Waals surface area contributed by atoms with Crippen LogP contribution in [0.1, 0.15) is 76.0 Å². The zero-order chi connectivity index (χ0) is 35.1. The SMILES string of the molecule is CCCCOc1ccc(/C=C/c2ccc(N=Cc3ccc4c(c3)OCCOCCOCCOCCO4)cc2)c(OCCCC)c1OCCCC. The Bertz CT molecular complexity index is 1440. The quantitative estimate of drug-likeness (QED) is 0.0837. The predicted molar refractivity (Wildman–Crippen MR) is 200 cm³/mol. The number of unbranched alkanes of at least 4 members (excludes halogenated alkanes) is 3. The van der Waals surface area contributed by atoms with Crippen molar-refractivity contribution in [3.63, 3.8) is 0 Å². The molecule has 0 atom stereocenters. The fourth-order valence-corrected chi connectivity index (χ4v) is 4.86. The van der Waals surface area contributed by atoms with Crippen molar-refractivity contribution in [2.75, 3.05) is 72.7 Å². The zero-order valence-electron chi connectivity index (χ0n) is 30.2. The number of rotatable bonds is 16. The molecule has 9 heteroatoms. The van der Waals surface area contributed by atoms with Crippen molar-refractivity contribution in [3.8, 4) is 28.7 Å². The molecule has 0 amide bonds. The van der Waals surface area contributed by atoms with Crippen LogP contribution < -0.4 is 23.7 Å². The van der Waals surface area contributed by atoms with Crippen LogP contribution in [0, 0.1) is 0 Å². The summed E-state index contributed by atoms with van der Waals surface area (Å²) in [7, 11) is 0. The van der Waals surface area contributed by atoms with Gasteiger partial charge in [0.1, 0.15) is 13.2 Å². The summed E-state index contributed by atoms with van der Waals surface area (Å²) in [5, 5.41) is 0. The fourth-order valence-electron chi connectivity index (χ4n) is 4.86. The van der Waals surface area contributed by atoms with Gasteiger partial charge < -0.3 is 37.9 Å². The molecule has 1 aliphatic heterocycles. The molecule has 0 radical (unpaired) electrons. The van der Waals surface area contributed by atoms with Gasteiger partial charge in [-0.1, -0.05) is 64.3 Å². The van der Waals surface area contributed by atoms with Gasteiger partial charge in [-0.15, -0.1) is 0 Å². The molecular formula is C41H55NO8. The van der Waals surface area contributed by atoms with Crippen molar-refractivity contribution in [3.05, 3.63) is 71.3 Å². The molecule has 3 aromatic carbocycles. The number of hydrogen-bond acceptors (Lipinski definition) is 9.